The Morgan fingerprint density at radius 2 is 1.61 bits per heavy atom. The summed E-state index contributed by atoms with van der Waals surface area (Å²) in [7, 11) is 0. The molecule has 0 N–H and O–H groups in total. The van der Waals surface area contributed by atoms with Crippen molar-refractivity contribution in [2.24, 2.45) is 0 Å². The maximum atomic E-state index is 12.0. The van der Waals surface area contributed by atoms with Gasteiger partial charge in [0.15, 0.2) is 0 Å². The molecular formula is C12H6Br2O4. The van der Waals surface area contributed by atoms with Crippen molar-refractivity contribution in [3.8, 4) is 5.75 Å². The van der Waals surface area contributed by atoms with Crippen molar-refractivity contribution in [1.29, 1.82) is 0 Å². The first-order chi connectivity index (χ1) is 8.41. The minimum absolute atomic E-state index is 0.167. The van der Waals surface area contributed by atoms with Crippen LogP contribution < -0.4 is 4.74 Å². The summed E-state index contributed by atoms with van der Waals surface area (Å²) < 4.78 is 5.24. The summed E-state index contributed by atoms with van der Waals surface area (Å²) in [5.41, 5.74) is 0.500. The molecule has 4 nitrogen and oxygen atoms in total. The number of Topliss-reactive ketones (excluding diaryl/α,β-unsaturated/α-hetero) is 2. The van der Waals surface area contributed by atoms with Gasteiger partial charge in [-0.2, -0.15) is 0 Å². The highest BCUT2D eigenvalue weighted by Gasteiger charge is 2.30. The molecule has 0 radical (unpaired) electrons. The Morgan fingerprint density at radius 3 is 2.17 bits per heavy atom. The molecule has 0 amide bonds. The lowest BCUT2D eigenvalue weighted by atomic mass is 9.94. The lowest BCUT2D eigenvalue weighted by Crippen LogP contribution is -2.17. The number of ketones is 2. The Balaban J connectivity index is 2.54. The summed E-state index contributed by atoms with van der Waals surface area (Å²) in [4.78, 5) is 34.7. The van der Waals surface area contributed by atoms with Gasteiger partial charge in [0.05, 0.1) is 8.96 Å². The predicted molar refractivity (Wildman–Crippen MR) is 71.3 cm³/mol. The fourth-order valence-corrected chi connectivity index (χ4v) is 2.36. The van der Waals surface area contributed by atoms with Gasteiger partial charge >= 0.3 is 5.97 Å². The largest absolute Gasteiger partial charge is 0.427 e. The van der Waals surface area contributed by atoms with Crippen LogP contribution in [-0.4, -0.2) is 17.5 Å². The number of allylic oxidation sites excluding steroid dienone is 2. The highest BCUT2D eigenvalue weighted by atomic mass is 79.9. The molecule has 92 valence electrons. The molecule has 1 aliphatic carbocycles. The molecule has 0 saturated heterocycles. The van der Waals surface area contributed by atoms with Crippen LogP contribution in [0.2, 0.25) is 0 Å². The highest BCUT2D eigenvalue weighted by Crippen LogP contribution is 2.34. The number of rotatable bonds is 1. The number of esters is 1. The van der Waals surface area contributed by atoms with Gasteiger partial charge in [-0.15, -0.1) is 0 Å². The average molecular weight is 374 g/mol. The quantitative estimate of drug-likeness (QED) is 0.560. The second-order valence-corrected chi connectivity index (χ2v) is 5.17. The number of halogens is 2. The molecule has 1 aliphatic rings. The molecule has 0 fully saturated rings. The van der Waals surface area contributed by atoms with Gasteiger partial charge in [0, 0.05) is 18.1 Å². The van der Waals surface area contributed by atoms with Gasteiger partial charge < -0.3 is 4.74 Å². The average Bonchev–Trinajstić information content (AvgIpc) is 2.33. The first kappa shape index (κ1) is 13.2. The van der Waals surface area contributed by atoms with E-state index in [4.69, 9.17) is 4.74 Å². The number of carbonyl (C=O) groups is 3. The number of ether oxygens (including phenoxy) is 1. The van der Waals surface area contributed by atoms with E-state index in [-0.39, 0.29) is 37.4 Å². The summed E-state index contributed by atoms with van der Waals surface area (Å²) in [6.45, 7) is 1.26. The van der Waals surface area contributed by atoms with Gasteiger partial charge in [0.1, 0.15) is 5.75 Å². The van der Waals surface area contributed by atoms with Crippen LogP contribution in [0.3, 0.4) is 0 Å². The van der Waals surface area contributed by atoms with E-state index in [2.05, 4.69) is 31.9 Å². The van der Waals surface area contributed by atoms with Crippen LogP contribution in [0.1, 0.15) is 27.6 Å². The van der Waals surface area contributed by atoms with Gasteiger partial charge in [-0.1, -0.05) is 0 Å². The summed E-state index contributed by atoms with van der Waals surface area (Å²) in [5, 5.41) is 0. The minimum Gasteiger partial charge on any atom is -0.427 e. The number of hydrogen-bond acceptors (Lipinski definition) is 4. The molecule has 0 bridgehead atoms. The van der Waals surface area contributed by atoms with Crippen molar-refractivity contribution in [1.82, 2.24) is 0 Å². The van der Waals surface area contributed by atoms with Crippen LogP contribution in [-0.2, 0) is 4.79 Å². The monoisotopic (exact) mass is 372 g/mol. The van der Waals surface area contributed by atoms with Crippen molar-refractivity contribution in [3.63, 3.8) is 0 Å². The Hall–Kier alpha value is -1.27. The van der Waals surface area contributed by atoms with Gasteiger partial charge in [0.25, 0.3) is 0 Å². The van der Waals surface area contributed by atoms with E-state index >= 15 is 0 Å². The second kappa shape index (κ2) is 4.78. The van der Waals surface area contributed by atoms with Crippen LogP contribution in [0.15, 0.2) is 27.2 Å². The maximum Gasteiger partial charge on any atom is 0.308 e. The molecule has 0 saturated carbocycles. The topological polar surface area (TPSA) is 60.4 Å². The van der Waals surface area contributed by atoms with Gasteiger partial charge in [0.2, 0.25) is 11.6 Å². The first-order valence-electron chi connectivity index (χ1n) is 4.89. The summed E-state index contributed by atoms with van der Waals surface area (Å²) in [6.07, 6.45) is 0. The van der Waals surface area contributed by atoms with E-state index in [0.717, 1.165) is 0 Å². The van der Waals surface area contributed by atoms with Crippen molar-refractivity contribution < 1.29 is 19.1 Å². The van der Waals surface area contributed by atoms with E-state index in [1.54, 1.807) is 0 Å². The SMILES string of the molecule is CC(=O)Oc1ccc2c(c1)C(=O)C(Br)=C(Br)C2=O. The number of benzene rings is 1. The van der Waals surface area contributed by atoms with Gasteiger partial charge in [-0.25, -0.2) is 0 Å². The summed E-state index contributed by atoms with van der Waals surface area (Å²) in [6, 6.07) is 4.33. The van der Waals surface area contributed by atoms with Crippen LogP contribution in [0, 0.1) is 0 Å². The molecule has 0 aromatic heterocycles. The van der Waals surface area contributed by atoms with Crippen LogP contribution in [0.5, 0.6) is 5.75 Å². The Labute approximate surface area is 119 Å². The molecule has 1 aromatic carbocycles. The van der Waals surface area contributed by atoms with E-state index in [9.17, 15) is 14.4 Å². The molecule has 0 spiro atoms. The van der Waals surface area contributed by atoms with E-state index in [0.29, 0.717) is 0 Å². The molecule has 0 unspecified atom stereocenters. The zero-order chi connectivity index (χ0) is 13.4. The van der Waals surface area contributed by atoms with Crippen LogP contribution >= 0.6 is 31.9 Å². The molecular weight excluding hydrogens is 368 g/mol. The molecule has 0 atom stereocenters. The van der Waals surface area contributed by atoms with Crippen molar-refractivity contribution in [2.45, 2.75) is 6.92 Å². The highest BCUT2D eigenvalue weighted by molar-refractivity contribution is 9.14. The summed E-state index contributed by atoms with van der Waals surface area (Å²) in [5.74, 6) is -0.864. The van der Waals surface area contributed by atoms with Crippen LogP contribution in [0.4, 0.5) is 0 Å². The van der Waals surface area contributed by atoms with Crippen molar-refractivity contribution in [2.75, 3.05) is 0 Å². The molecule has 0 aliphatic heterocycles. The first-order valence-corrected chi connectivity index (χ1v) is 6.47. The van der Waals surface area contributed by atoms with Crippen LogP contribution in [0.25, 0.3) is 0 Å². The number of fused-ring (bicyclic) bond motifs is 1. The fraction of sp³-hybridized carbons (Fsp3) is 0.0833. The predicted octanol–water partition coefficient (Wildman–Crippen LogP) is 2.99. The zero-order valence-electron chi connectivity index (χ0n) is 9.12. The minimum atomic E-state index is -0.486. The van der Waals surface area contributed by atoms with E-state index in [1.807, 2.05) is 0 Å². The number of hydrogen-bond donors (Lipinski definition) is 0. The van der Waals surface area contributed by atoms with Gasteiger partial charge in [-0.05, 0) is 50.1 Å². The summed E-state index contributed by atoms with van der Waals surface area (Å²) >= 11 is 6.12. The van der Waals surface area contributed by atoms with E-state index in [1.165, 1.54) is 25.1 Å². The lowest BCUT2D eigenvalue weighted by molar-refractivity contribution is -0.131. The second-order valence-electron chi connectivity index (χ2n) is 3.59. The smallest absolute Gasteiger partial charge is 0.308 e. The zero-order valence-corrected chi connectivity index (χ0v) is 12.3. The van der Waals surface area contributed by atoms with Crippen molar-refractivity contribution in [3.05, 3.63) is 38.3 Å². The third kappa shape index (κ3) is 2.18. The van der Waals surface area contributed by atoms with E-state index < -0.39 is 5.97 Å². The third-order valence-corrected chi connectivity index (χ3v) is 4.38. The third-order valence-electron chi connectivity index (χ3n) is 2.33. The molecule has 1 aromatic rings. The molecule has 0 heterocycles. The van der Waals surface area contributed by atoms with Crippen molar-refractivity contribution >= 4 is 49.4 Å². The standard InChI is InChI=1S/C12H6Br2O4/c1-5(15)18-6-2-3-7-8(4-6)12(17)10(14)9(13)11(7)16/h2-4H,1H3. The maximum absolute atomic E-state index is 12.0. The molecule has 18 heavy (non-hydrogen) atoms. The fourth-order valence-electron chi connectivity index (χ4n) is 1.57. The Kier molecular flexibility index (Phi) is 3.49. The molecule has 6 heteroatoms. The Morgan fingerprint density at radius 1 is 1.06 bits per heavy atom. The van der Waals surface area contributed by atoms with Gasteiger partial charge in [-0.3, -0.25) is 14.4 Å². The normalized spacial score (nSPS) is 14.6. The Bertz CT molecular complexity index is 617. The molecule has 2 rings (SSSR count). The lowest BCUT2D eigenvalue weighted by Gasteiger charge is -2.15. The number of carbonyl (C=O) groups excluding carboxylic acids is 3.